The average molecular weight is 388 g/mol. The maximum absolute atomic E-state index is 12.5. The zero-order chi connectivity index (χ0) is 19.6. The molecular formula is C19H20N2O5S. The second-order valence-electron chi connectivity index (χ2n) is 6.16. The Bertz CT molecular complexity index is 969. The predicted molar refractivity (Wildman–Crippen MR) is 99.5 cm³/mol. The summed E-state index contributed by atoms with van der Waals surface area (Å²) in [5.74, 6) is 1.95. The highest BCUT2D eigenvalue weighted by Gasteiger charge is 2.19. The van der Waals surface area contributed by atoms with Crippen LogP contribution in [0.15, 0.2) is 32.4 Å². The molecule has 0 aliphatic rings. The van der Waals surface area contributed by atoms with E-state index in [1.807, 2.05) is 24.4 Å². The zero-order valence-corrected chi connectivity index (χ0v) is 16.4. The molecule has 0 saturated heterocycles. The highest BCUT2D eigenvalue weighted by molar-refractivity contribution is 7.13. The molecule has 3 aromatic heterocycles. The maximum atomic E-state index is 12.5. The molecule has 7 nitrogen and oxygen atoms in total. The molecule has 3 rings (SSSR count). The number of hydrogen-bond donors (Lipinski definition) is 0. The third-order valence-electron chi connectivity index (χ3n) is 4.03. The maximum Gasteiger partial charge on any atom is 0.341 e. The molecule has 0 fully saturated rings. The minimum absolute atomic E-state index is 0.101. The molecule has 0 bridgehead atoms. The molecule has 0 aromatic carbocycles. The molecule has 142 valence electrons. The van der Waals surface area contributed by atoms with Gasteiger partial charge in [0.25, 0.3) is 0 Å². The van der Waals surface area contributed by atoms with Gasteiger partial charge in [-0.2, -0.15) is 0 Å². The van der Waals surface area contributed by atoms with Crippen molar-refractivity contribution in [1.82, 2.24) is 9.88 Å². The van der Waals surface area contributed by atoms with Crippen LogP contribution in [0.2, 0.25) is 0 Å². The summed E-state index contributed by atoms with van der Waals surface area (Å²) in [5.41, 5.74) is 1.05. The minimum Gasteiger partial charge on any atom is -0.465 e. The summed E-state index contributed by atoms with van der Waals surface area (Å²) in [7, 11) is 3.00. The number of esters is 1. The lowest BCUT2D eigenvalue weighted by molar-refractivity contribution is -0.130. The van der Waals surface area contributed by atoms with Crippen LogP contribution in [0, 0.1) is 13.8 Å². The number of aryl methyl sites for hydroxylation is 2. The Morgan fingerprint density at radius 2 is 2.04 bits per heavy atom. The Morgan fingerprint density at radius 3 is 2.70 bits per heavy atom. The zero-order valence-electron chi connectivity index (χ0n) is 15.6. The molecule has 0 unspecified atom stereocenters. The first-order valence-electron chi connectivity index (χ1n) is 8.30. The van der Waals surface area contributed by atoms with Crippen molar-refractivity contribution in [3.05, 3.63) is 52.1 Å². The average Bonchev–Trinajstić information content (AvgIpc) is 3.34. The van der Waals surface area contributed by atoms with Gasteiger partial charge < -0.3 is 18.5 Å². The van der Waals surface area contributed by atoms with Crippen molar-refractivity contribution in [3.8, 4) is 10.8 Å². The van der Waals surface area contributed by atoms with Gasteiger partial charge in [0.1, 0.15) is 22.8 Å². The summed E-state index contributed by atoms with van der Waals surface area (Å²) in [4.78, 5) is 30.1. The van der Waals surface area contributed by atoms with Gasteiger partial charge in [-0.25, -0.2) is 9.78 Å². The third-order valence-corrected chi connectivity index (χ3v) is 4.93. The molecule has 1 amide bonds. The Kier molecular flexibility index (Phi) is 5.46. The van der Waals surface area contributed by atoms with Gasteiger partial charge in [0, 0.05) is 12.4 Å². The largest absolute Gasteiger partial charge is 0.465 e. The fourth-order valence-electron chi connectivity index (χ4n) is 2.60. The topological polar surface area (TPSA) is 85.8 Å². The number of methoxy groups -OCH3 is 1. The molecule has 0 atom stereocenters. The van der Waals surface area contributed by atoms with Gasteiger partial charge in [0.05, 0.1) is 25.8 Å². The van der Waals surface area contributed by atoms with Gasteiger partial charge in [0.2, 0.25) is 5.91 Å². The predicted octanol–water partition coefficient (Wildman–Crippen LogP) is 3.60. The molecule has 0 radical (unpaired) electrons. The lowest BCUT2D eigenvalue weighted by Crippen LogP contribution is -2.27. The van der Waals surface area contributed by atoms with E-state index < -0.39 is 5.97 Å². The fourth-order valence-corrected chi connectivity index (χ4v) is 3.38. The summed E-state index contributed by atoms with van der Waals surface area (Å²) in [6.07, 6.45) is 0.177. The molecule has 8 heteroatoms. The van der Waals surface area contributed by atoms with Crippen LogP contribution in [0.4, 0.5) is 0 Å². The van der Waals surface area contributed by atoms with Crippen LogP contribution in [0.3, 0.4) is 0 Å². The summed E-state index contributed by atoms with van der Waals surface area (Å²) in [6, 6.07) is 5.35. The van der Waals surface area contributed by atoms with Crippen LogP contribution in [0.25, 0.3) is 10.8 Å². The Labute approximate surface area is 160 Å². The standard InChI is InChI=1S/C19H20N2O5S/c1-11-5-6-16(25-11)18-20-13(10-27-18)7-17(22)21(3)9-14-8-15(12(2)26-14)19(23)24-4/h5-6,8,10H,7,9H2,1-4H3. The van der Waals surface area contributed by atoms with E-state index in [0.717, 1.165) is 10.8 Å². The number of aromatic nitrogens is 1. The molecule has 3 heterocycles. The number of hydrogen-bond acceptors (Lipinski definition) is 7. The van der Waals surface area contributed by atoms with Crippen LogP contribution in [0.5, 0.6) is 0 Å². The van der Waals surface area contributed by atoms with Crippen LogP contribution in [0.1, 0.15) is 33.3 Å². The van der Waals surface area contributed by atoms with Gasteiger partial charge in [0.15, 0.2) is 10.8 Å². The lowest BCUT2D eigenvalue weighted by atomic mass is 10.2. The summed E-state index contributed by atoms with van der Waals surface area (Å²) in [5, 5.41) is 2.60. The van der Waals surface area contributed by atoms with Crippen molar-refractivity contribution in [2.24, 2.45) is 0 Å². The second-order valence-corrected chi connectivity index (χ2v) is 7.01. The van der Waals surface area contributed by atoms with Gasteiger partial charge in [-0.3, -0.25) is 4.79 Å². The quantitative estimate of drug-likeness (QED) is 0.600. The van der Waals surface area contributed by atoms with Crippen molar-refractivity contribution < 1.29 is 23.2 Å². The first-order chi connectivity index (χ1) is 12.9. The summed E-state index contributed by atoms with van der Waals surface area (Å²) in [6.45, 7) is 3.81. The lowest BCUT2D eigenvalue weighted by Gasteiger charge is -2.14. The Balaban J connectivity index is 1.63. The van der Waals surface area contributed by atoms with Crippen molar-refractivity contribution in [2.45, 2.75) is 26.8 Å². The molecule has 0 spiro atoms. The van der Waals surface area contributed by atoms with E-state index in [0.29, 0.717) is 28.5 Å². The SMILES string of the molecule is COC(=O)c1cc(CN(C)C(=O)Cc2csc(-c3ccc(C)o3)n2)oc1C. The van der Waals surface area contributed by atoms with Crippen molar-refractivity contribution >= 4 is 23.2 Å². The van der Waals surface area contributed by atoms with Crippen molar-refractivity contribution in [1.29, 1.82) is 0 Å². The number of nitrogens with zero attached hydrogens (tertiary/aromatic N) is 2. The highest BCUT2D eigenvalue weighted by atomic mass is 32.1. The normalized spacial score (nSPS) is 10.8. The van der Waals surface area contributed by atoms with Crippen molar-refractivity contribution in [3.63, 3.8) is 0 Å². The van der Waals surface area contributed by atoms with Gasteiger partial charge in [-0.15, -0.1) is 11.3 Å². The first-order valence-corrected chi connectivity index (χ1v) is 9.18. The number of carbonyl (C=O) groups excluding carboxylic acids is 2. The minimum atomic E-state index is -0.459. The monoisotopic (exact) mass is 388 g/mol. The van der Waals surface area contributed by atoms with Gasteiger partial charge in [-0.1, -0.05) is 0 Å². The molecule has 0 aliphatic carbocycles. The van der Waals surface area contributed by atoms with E-state index in [9.17, 15) is 9.59 Å². The van der Waals surface area contributed by atoms with Crippen LogP contribution < -0.4 is 0 Å². The Hall–Kier alpha value is -2.87. The van der Waals surface area contributed by atoms with Crippen LogP contribution >= 0.6 is 11.3 Å². The van der Waals surface area contributed by atoms with Gasteiger partial charge >= 0.3 is 5.97 Å². The third kappa shape index (κ3) is 4.28. The number of likely N-dealkylation sites (N-methyl/N-ethyl adjacent to an activating group) is 1. The molecule has 0 N–H and O–H groups in total. The number of carbonyl (C=O) groups is 2. The van der Waals surface area contributed by atoms with Crippen LogP contribution in [-0.2, 0) is 22.5 Å². The van der Waals surface area contributed by atoms with E-state index in [1.54, 1.807) is 20.0 Å². The van der Waals surface area contributed by atoms with Crippen molar-refractivity contribution in [2.75, 3.05) is 14.2 Å². The fraction of sp³-hybridized carbons (Fsp3) is 0.316. The van der Waals surface area contributed by atoms with Crippen LogP contribution in [-0.4, -0.2) is 35.9 Å². The Morgan fingerprint density at radius 1 is 1.26 bits per heavy atom. The van der Waals surface area contributed by atoms with Gasteiger partial charge in [-0.05, 0) is 32.0 Å². The molecule has 0 saturated carbocycles. The highest BCUT2D eigenvalue weighted by Crippen LogP contribution is 2.26. The number of thiazole rings is 1. The summed E-state index contributed by atoms with van der Waals surface area (Å²) < 4.78 is 15.8. The molecular weight excluding hydrogens is 368 g/mol. The number of ether oxygens (including phenoxy) is 1. The number of rotatable bonds is 6. The van der Waals surface area contributed by atoms with E-state index in [2.05, 4.69) is 4.98 Å². The van der Waals surface area contributed by atoms with E-state index in [-0.39, 0.29) is 18.9 Å². The number of amides is 1. The van der Waals surface area contributed by atoms with E-state index in [1.165, 1.54) is 23.3 Å². The first kappa shape index (κ1) is 18.9. The summed E-state index contributed by atoms with van der Waals surface area (Å²) >= 11 is 1.44. The molecule has 27 heavy (non-hydrogen) atoms. The second kappa shape index (κ2) is 7.79. The smallest absolute Gasteiger partial charge is 0.341 e. The van der Waals surface area contributed by atoms with E-state index >= 15 is 0 Å². The number of furan rings is 2. The molecule has 0 aliphatic heterocycles. The molecule has 3 aromatic rings. The van der Waals surface area contributed by atoms with E-state index in [4.69, 9.17) is 13.6 Å².